The lowest BCUT2D eigenvalue weighted by molar-refractivity contribution is -0.140. The summed E-state index contributed by atoms with van der Waals surface area (Å²) in [6.07, 6.45) is 1.96. The zero-order chi connectivity index (χ0) is 23.3. The van der Waals surface area contributed by atoms with Gasteiger partial charge >= 0.3 is 11.9 Å². The van der Waals surface area contributed by atoms with Crippen LogP contribution in [-0.4, -0.2) is 36.9 Å². The molecule has 32 heavy (non-hydrogen) atoms. The van der Waals surface area contributed by atoms with E-state index in [4.69, 9.17) is 14.2 Å². The molecule has 0 radical (unpaired) electrons. The van der Waals surface area contributed by atoms with Gasteiger partial charge in [-0.2, -0.15) is 5.26 Å². The number of benzene rings is 2. The molecule has 0 unspecified atom stereocenters. The molecule has 0 spiro atoms. The van der Waals surface area contributed by atoms with E-state index in [9.17, 15) is 20.0 Å². The highest BCUT2D eigenvalue weighted by Crippen LogP contribution is 2.33. The molecule has 7 nitrogen and oxygen atoms in total. The number of hydrogen-bond acceptors (Lipinski definition) is 7. The number of para-hydroxylation sites is 1. The van der Waals surface area contributed by atoms with E-state index in [1.165, 1.54) is 12.3 Å². The first-order chi connectivity index (χ1) is 15.5. The van der Waals surface area contributed by atoms with Crippen molar-refractivity contribution in [3.05, 3.63) is 83.1 Å². The van der Waals surface area contributed by atoms with Crippen molar-refractivity contribution in [3.63, 3.8) is 0 Å². The Bertz CT molecular complexity index is 1030. The summed E-state index contributed by atoms with van der Waals surface area (Å²) >= 11 is 0. The first kappa shape index (κ1) is 24.2. The van der Waals surface area contributed by atoms with Crippen molar-refractivity contribution in [2.45, 2.75) is 20.3 Å². The Hall–Kier alpha value is -4.05. The molecule has 2 aromatic carbocycles. The Morgan fingerprint density at radius 1 is 0.969 bits per heavy atom. The molecule has 7 heteroatoms. The first-order valence-corrected chi connectivity index (χ1v) is 10.1. The summed E-state index contributed by atoms with van der Waals surface area (Å²) in [4.78, 5) is 24.3. The summed E-state index contributed by atoms with van der Waals surface area (Å²) in [5.41, 5.74) is 1.24. The number of esters is 2. The van der Waals surface area contributed by atoms with Crippen molar-refractivity contribution < 1.29 is 28.9 Å². The molecule has 0 aliphatic carbocycles. The predicted molar refractivity (Wildman–Crippen MR) is 118 cm³/mol. The van der Waals surface area contributed by atoms with E-state index >= 15 is 0 Å². The molecule has 0 amide bonds. The second-order valence-electron chi connectivity index (χ2n) is 6.69. The third-order valence-corrected chi connectivity index (χ3v) is 4.26. The second-order valence-corrected chi connectivity index (χ2v) is 6.69. The number of carbonyl (C=O) groups is 2. The highest BCUT2D eigenvalue weighted by atomic mass is 16.6. The van der Waals surface area contributed by atoms with E-state index in [0.717, 1.165) is 6.42 Å². The lowest BCUT2D eigenvalue weighted by Gasteiger charge is -2.13. The maximum absolute atomic E-state index is 12.7. The maximum atomic E-state index is 12.7. The summed E-state index contributed by atoms with van der Waals surface area (Å²) in [6.45, 7) is 3.62. The van der Waals surface area contributed by atoms with Crippen molar-refractivity contribution in [1.29, 1.82) is 5.26 Å². The van der Waals surface area contributed by atoms with Gasteiger partial charge < -0.3 is 19.3 Å². The Morgan fingerprint density at radius 2 is 1.62 bits per heavy atom. The Kier molecular flexibility index (Phi) is 9.54. The van der Waals surface area contributed by atoms with E-state index in [1.807, 2.05) is 13.0 Å². The fourth-order valence-electron chi connectivity index (χ4n) is 2.72. The van der Waals surface area contributed by atoms with Gasteiger partial charge in [0.2, 0.25) is 0 Å². The van der Waals surface area contributed by atoms with Crippen LogP contribution >= 0.6 is 0 Å². The molecule has 0 aliphatic rings. The van der Waals surface area contributed by atoms with Gasteiger partial charge in [-0.3, -0.25) is 0 Å². The van der Waals surface area contributed by atoms with Crippen LogP contribution in [0, 0.1) is 11.3 Å². The summed E-state index contributed by atoms with van der Waals surface area (Å²) in [6, 6.07) is 17.2. The number of phenols is 1. The van der Waals surface area contributed by atoms with E-state index in [0.29, 0.717) is 17.7 Å². The molecule has 1 N–H and O–H groups in total. The Balaban J connectivity index is 2.14. The second kappa shape index (κ2) is 12.6. The van der Waals surface area contributed by atoms with Crippen LogP contribution in [0.4, 0.5) is 0 Å². The quantitative estimate of drug-likeness (QED) is 0.197. The molecule has 0 bridgehead atoms. The SMILES string of the molecule is CCCOC(=O)/C(C)=C/OCCOC(=O)/C(C#N)=C(/c1ccccc1)c1ccccc1O. The van der Waals surface area contributed by atoms with Crippen molar-refractivity contribution >= 4 is 17.5 Å². The molecule has 0 saturated carbocycles. The van der Waals surface area contributed by atoms with Crippen LogP contribution in [-0.2, 0) is 23.8 Å². The Morgan fingerprint density at radius 3 is 2.28 bits per heavy atom. The monoisotopic (exact) mass is 435 g/mol. The van der Waals surface area contributed by atoms with Crippen molar-refractivity contribution in [2.24, 2.45) is 0 Å². The number of rotatable bonds is 10. The number of ether oxygens (including phenoxy) is 3. The summed E-state index contributed by atoms with van der Waals surface area (Å²) in [5, 5.41) is 20.0. The van der Waals surface area contributed by atoms with Crippen LogP contribution in [0.1, 0.15) is 31.4 Å². The molecular formula is C25H25NO6. The number of aromatic hydroxyl groups is 1. The predicted octanol–water partition coefficient (Wildman–Crippen LogP) is 4.13. The Labute approximate surface area is 187 Å². The number of carbonyl (C=O) groups excluding carboxylic acids is 2. The van der Waals surface area contributed by atoms with Crippen LogP contribution < -0.4 is 0 Å². The average molecular weight is 435 g/mol. The maximum Gasteiger partial charge on any atom is 0.349 e. The average Bonchev–Trinajstić information content (AvgIpc) is 2.81. The van der Waals surface area contributed by atoms with Gasteiger partial charge in [0.05, 0.1) is 18.4 Å². The summed E-state index contributed by atoms with van der Waals surface area (Å²) < 4.78 is 15.4. The van der Waals surface area contributed by atoms with Crippen LogP contribution in [0.15, 0.2) is 72.0 Å². The van der Waals surface area contributed by atoms with Gasteiger partial charge in [-0.25, -0.2) is 9.59 Å². The van der Waals surface area contributed by atoms with Crippen molar-refractivity contribution in [1.82, 2.24) is 0 Å². The number of phenolic OH excluding ortho intramolecular Hbond substituents is 1. The van der Waals surface area contributed by atoms with Crippen molar-refractivity contribution in [2.75, 3.05) is 19.8 Å². The van der Waals surface area contributed by atoms with Crippen LogP contribution in [0.2, 0.25) is 0 Å². The van der Waals surface area contributed by atoms with E-state index in [-0.39, 0.29) is 35.7 Å². The molecule has 0 aliphatic heterocycles. The van der Waals surface area contributed by atoms with Gasteiger partial charge in [0, 0.05) is 11.1 Å². The van der Waals surface area contributed by atoms with E-state index < -0.39 is 11.9 Å². The van der Waals surface area contributed by atoms with Crippen LogP contribution in [0.3, 0.4) is 0 Å². The van der Waals surface area contributed by atoms with Crippen LogP contribution in [0.5, 0.6) is 5.75 Å². The molecule has 0 aromatic heterocycles. The molecule has 0 atom stereocenters. The van der Waals surface area contributed by atoms with Gasteiger partial charge in [0.25, 0.3) is 0 Å². The smallest absolute Gasteiger partial charge is 0.349 e. The fourth-order valence-corrected chi connectivity index (χ4v) is 2.72. The molecule has 2 rings (SSSR count). The van der Waals surface area contributed by atoms with E-state index in [2.05, 4.69) is 0 Å². The molecule has 166 valence electrons. The molecular weight excluding hydrogens is 410 g/mol. The molecule has 0 saturated heterocycles. The van der Waals surface area contributed by atoms with Gasteiger partial charge in [0.15, 0.2) is 0 Å². The van der Waals surface area contributed by atoms with Crippen LogP contribution in [0.25, 0.3) is 5.57 Å². The molecule has 2 aromatic rings. The first-order valence-electron chi connectivity index (χ1n) is 10.1. The third-order valence-electron chi connectivity index (χ3n) is 4.26. The summed E-state index contributed by atoms with van der Waals surface area (Å²) in [7, 11) is 0. The van der Waals surface area contributed by atoms with Crippen molar-refractivity contribution in [3.8, 4) is 11.8 Å². The highest BCUT2D eigenvalue weighted by molar-refractivity contribution is 6.06. The van der Waals surface area contributed by atoms with Gasteiger partial charge in [0.1, 0.15) is 30.6 Å². The normalized spacial score (nSPS) is 11.7. The third kappa shape index (κ3) is 6.74. The number of hydrogen-bond donors (Lipinski definition) is 1. The minimum Gasteiger partial charge on any atom is -0.507 e. The number of nitrogens with zero attached hydrogens (tertiary/aromatic N) is 1. The fraction of sp³-hybridized carbons (Fsp3) is 0.240. The van der Waals surface area contributed by atoms with Gasteiger partial charge in [-0.1, -0.05) is 55.5 Å². The lowest BCUT2D eigenvalue weighted by atomic mass is 9.92. The van der Waals surface area contributed by atoms with Gasteiger partial charge in [-0.15, -0.1) is 0 Å². The molecule has 0 fully saturated rings. The van der Waals surface area contributed by atoms with E-state index in [1.54, 1.807) is 55.5 Å². The largest absolute Gasteiger partial charge is 0.507 e. The van der Waals surface area contributed by atoms with Gasteiger partial charge in [-0.05, 0) is 25.0 Å². The number of nitriles is 1. The minimum atomic E-state index is -0.846. The highest BCUT2D eigenvalue weighted by Gasteiger charge is 2.21. The zero-order valence-corrected chi connectivity index (χ0v) is 18.0. The topological polar surface area (TPSA) is 106 Å². The lowest BCUT2D eigenvalue weighted by Crippen LogP contribution is -2.13. The standard InChI is InChI=1S/C25H25NO6/c1-3-13-31-24(28)18(2)17-30-14-15-32-25(29)21(16-26)23(19-9-5-4-6-10-19)20-11-7-8-12-22(20)27/h4-12,17,27H,3,13-15H2,1-2H3/b18-17+,23-21-. The summed E-state index contributed by atoms with van der Waals surface area (Å²) in [5.74, 6) is -1.39. The molecule has 0 heterocycles. The minimum absolute atomic E-state index is 0.0138. The zero-order valence-electron chi connectivity index (χ0n) is 18.0.